The van der Waals surface area contributed by atoms with Gasteiger partial charge in [-0.15, -0.1) is 22.7 Å². The molecule has 4 nitrogen and oxygen atoms in total. The maximum absolute atomic E-state index is 12.6. The summed E-state index contributed by atoms with van der Waals surface area (Å²) in [6.45, 7) is 3.09. The highest BCUT2D eigenvalue weighted by molar-refractivity contribution is 7.13. The summed E-state index contributed by atoms with van der Waals surface area (Å²) in [5.74, 6) is -0.322. The number of rotatable bonds is 5. The van der Waals surface area contributed by atoms with E-state index in [1.54, 1.807) is 34.8 Å². The second-order valence-corrected chi connectivity index (χ2v) is 9.48. The van der Waals surface area contributed by atoms with E-state index in [2.05, 4.69) is 39.9 Å². The average Bonchev–Trinajstić information content (AvgIpc) is 3.53. The molecule has 6 heteroatoms. The largest absolute Gasteiger partial charge is 0.301 e. The molecule has 1 fully saturated rings. The van der Waals surface area contributed by atoms with Crippen LogP contribution >= 0.6 is 22.7 Å². The number of carbonyl (C=O) groups excluding carboxylic acids is 2. The van der Waals surface area contributed by atoms with Crippen molar-refractivity contribution in [2.45, 2.75) is 12.8 Å². The van der Waals surface area contributed by atoms with Crippen LogP contribution in [0, 0.1) is 0 Å². The fraction of sp³-hybridized carbons (Fsp3) is 0.250. The van der Waals surface area contributed by atoms with Crippen molar-refractivity contribution < 1.29 is 9.59 Å². The Morgan fingerprint density at radius 3 is 1.83 bits per heavy atom. The number of imide groups is 1. The minimum atomic E-state index is -0.161. The van der Waals surface area contributed by atoms with Gasteiger partial charge in [-0.05, 0) is 47.9 Å². The molecule has 3 aromatic rings. The van der Waals surface area contributed by atoms with E-state index >= 15 is 0 Å². The van der Waals surface area contributed by atoms with Crippen molar-refractivity contribution in [1.29, 1.82) is 0 Å². The molecule has 1 saturated heterocycles. The molecular weight excluding hydrogens is 412 g/mol. The Morgan fingerprint density at radius 1 is 0.767 bits per heavy atom. The van der Waals surface area contributed by atoms with Crippen LogP contribution in [0.5, 0.6) is 0 Å². The predicted octanol–water partition coefficient (Wildman–Crippen LogP) is 5.00. The number of hydrogen-bond acceptors (Lipinski definition) is 5. The average molecular weight is 435 g/mol. The smallest absolute Gasteiger partial charge is 0.261 e. The second kappa shape index (κ2) is 8.30. The Balaban J connectivity index is 1.25. The molecule has 0 spiro atoms. The van der Waals surface area contributed by atoms with Gasteiger partial charge in [-0.3, -0.25) is 14.5 Å². The minimum absolute atomic E-state index is 0.161. The standard InChI is InChI=1S/C24H22N2O2S2/c27-23-18-5-1-2-6-19(18)24(28)26(23)14-13-25-11-9-17(10-12-25)22(20-7-3-15-29-20)21-8-4-16-30-21/h1-8,15-16H,9-14H2. The van der Waals surface area contributed by atoms with Gasteiger partial charge in [0.1, 0.15) is 0 Å². The molecule has 4 heterocycles. The van der Waals surface area contributed by atoms with Crippen LogP contribution in [0.3, 0.4) is 0 Å². The highest BCUT2D eigenvalue weighted by Crippen LogP contribution is 2.36. The lowest BCUT2D eigenvalue weighted by Crippen LogP contribution is -2.40. The van der Waals surface area contributed by atoms with E-state index in [1.165, 1.54) is 25.8 Å². The molecule has 0 unspecified atom stereocenters. The van der Waals surface area contributed by atoms with Gasteiger partial charge >= 0.3 is 0 Å². The molecule has 1 aromatic carbocycles. The summed E-state index contributed by atoms with van der Waals surface area (Å²) in [4.78, 5) is 31.6. The van der Waals surface area contributed by atoms with Crippen LogP contribution in [0.15, 0.2) is 64.9 Å². The van der Waals surface area contributed by atoms with Crippen molar-refractivity contribution in [1.82, 2.24) is 9.80 Å². The summed E-state index contributed by atoms with van der Waals surface area (Å²) >= 11 is 3.60. The Labute approximate surface area is 184 Å². The van der Waals surface area contributed by atoms with E-state index in [0.29, 0.717) is 17.7 Å². The first kappa shape index (κ1) is 19.4. The van der Waals surface area contributed by atoms with Crippen LogP contribution in [0.1, 0.15) is 43.3 Å². The lowest BCUT2D eigenvalue weighted by atomic mass is 9.96. The van der Waals surface area contributed by atoms with Gasteiger partial charge < -0.3 is 4.90 Å². The quantitative estimate of drug-likeness (QED) is 0.531. The highest BCUT2D eigenvalue weighted by atomic mass is 32.1. The molecule has 2 aromatic heterocycles. The van der Waals surface area contributed by atoms with Crippen LogP contribution < -0.4 is 0 Å². The first-order chi connectivity index (χ1) is 14.7. The lowest BCUT2D eigenvalue weighted by molar-refractivity contribution is 0.0634. The van der Waals surface area contributed by atoms with E-state index < -0.39 is 0 Å². The van der Waals surface area contributed by atoms with Crippen LogP contribution in [0.4, 0.5) is 0 Å². The van der Waals surface area contributed by atoms with Gasteiger partial charge in [0.05, 0.1) is 11.1 Å². The number of amides is 2. The van der Waals surface area contributed by atoms with E-state index in [0.717, 1.165) is 32.5 Å². The molecule has 5 rings (SSSR count). The third-order valence-electron chi connectivity index (χ3n) is 5.87. The number of hydrogen-bond donors (Lipinski definition) is 0. The van der Waals surface area contributed by atoms with Gasteiger partial charge in [-0.1, -0.05) is 29.8 Å². The molecule has 30 heavy (non-hydrogen) atoms. The number of nitrogens with zero attached hydrogens (tertiary/aromatic N) is 2. The summed E-state index contributed by atoms with van der Waals surface area (Å²) in [6, 6.07) is 15.8. The van der Waals surface area contributed by atoms with Gasteiger partial charge in [0.2, 0.25) is 0 Å². The summed E-state index contributed by atoms with van der Waals surface area (Å²) in [5, 5.41) is 4.28. The number of carbonyl (C=O) groups is 2. The fourth-order valence-corrected chi connectivity index (χ4v) is 6.02. The van der Waals surface area contributed by atoms with E-state index in [9.17, 15) is 9.59 Å². The summed E-state index contributed by atoms with van der Waals surface area (Å²) in [7, 11) is 0. The highest BCUT2D eigenvalue weighted by Gasteiger charge is 2.35. The summed E-state index contributed by atoms with van der Waals surface area (Å²) < 4.78 is 0. The van der Waals surface area contributed by atoms with Crippen molar-refractivity contribution in [3.8, 4) is 0 Å². The molecule has 0 N–H and O–H groups in total. The number of thiophene rings is 2. The number of piperidine rings is 1. The van der Waals surface area contributed by atoms with Crippen molar-refractivity contribution in [3.05, 3.63) is 85.7 Å². The Morgan fingerprint density at radius 2 is 1.33 bits per heavy atom. The molecule has 2 aliphatic rings. The normalized spacial score (nSPS) is 16.9. The molecule has 0 aliphatic carbocycles. The minimum Gasteiger partial charge on any atom is -0.301 e. The molecule has 0 saturated carbocycles. The molecule has 152 valence electrons. The summed E-state index contributed by atoms with van der Waals surface area (Å²) in [6.07, 6.45) is 2.04. The van der Waals surface area contributed by atoms with Crippen molar-refractivity contribution in [3.63, 3.8) is 0 Å². The molecule has 0 radical (unpaired) electrons. The zero-order valence-electron chi connectivity index (χ0n) is 16.5. The zero-order chi connectivity index (χ0) is 20.5. The Kier molecular flexibility index (Phi) is 5.37. The van der Waals surface area contributed by atoms with Gasteiger partial charge in [0.15, 0.2) is 0 Å². The van der Waals surface area contributed by atoms with Crippen molar-refractivity contribution in [2.24, 2.45) is 0 Å². The van der Waals surface area contributed by atoms with Crippen molar-refractivity contribution >= 4 is 40.1 Å². The molecule has 0 bridgehead atoms. The maximum atomic E-state index is 12.6. The van der Waals surface area contributed by atoms with Crippen LogP contribution in [-0.4, -0.2) is 47.8 Å². The fourth-order valence-electron chi connectivity index (χ4n) is 4.29. The van der Waals surface area contributed by atoms with Crippen LogP contribution in [-0.2, 0) is 0 Å². The third kappa shape index (κ3) is 3.55. The number of fused-ring (bicyclic) bond motifs is 1. The van der Waals surface area contributed by atoms with Crippen LogP contribution in [0.25, 0.3) is 5.57 Å². The number of likely N-dealkylation sites (tertiary alicyclic amines) is 1. The predicted molar refractivity (Wildman–Crippen MR) is 122 cm³/mol. The SMILES string of the molecule is O=C1c2ccccc2C(=O)N1CCN1CCC(=C(c2cccs2)c2cccs2)CC1. The van der Waals surface area contributed by atoms with E-state index in [1.807, 2.05) is 12.1 Å². The topological polar surface area (TPSA) is 40.6 Å². The molecule has 2 aliphatic heterocycles. The van der Waals surface area contributed by atoms with Crippen molar-refractivity contribution in [2.75, 3.05) is 26.2 Å². The van der Waals surface area contributed by atoms with Gasteiger partial charge in [0.25, 0.3) is 11.8 Å². The van der Waals surface area contributed by atoms with Gasteiger partial charge in [-0.2, -0.15) is 0 Å². The molecule has 0 atom stereocenters. The number of benzene rings is 1. The van der Waals surface area contributed by atoms with Gasteiger partial charge in [0, 0.05) is 41.5 Å². The maximum Gasteiger partial charge on any atom is 0.261 e. The lowest BCUT2D eigenvalue weighted by Gasteiger charge is -2.30. The monoisotopic (exact) mass is 434 g/mol. The second-order valence-electron chi connectivity index (χ2n) is 7.58. The molecule has 2 amide bonds. The Hall–Kier alpha value is -2.54. The first-order valence-corrected chi connectivity index (χ1v) is 12.0. The zero-order valence-corrected chi connectivity index (χ0v) is 18.2. The third-order valence-corrected chi connectivity index (χ3v) is 7.64. The van der Waals surface area contributed by atoms with Gasteiger partial charge in [-0.25, -0.2) is 0 Å². The first-order valence-electron chi connectivity index (χ1n) is 10.2. The summed E-state index contributed by atoms with van der Waals surface area (Å²) in [5.41, 5.74) is 3.97. The molecular formula is C24H22N2O2S2. The van der Waals surface area contributed by atoms with E-state index in [4.69, 9.17) is 0 Å². The van der Waals surface area contributed by atoms with Crippen LogP contribution in [0.2, 0.25) is 0 Å². The van der Waals surface area contributed by atoms with E-state index in [-0.39, 0.29) is 11.8 Å². The Bertz CT molecular complexity index is 1020.